The second kappa shape index (κ2) is 13.3. The molecule has 0 heterocycles. The van der Waals surface area contributed by atoms with E-state index < -0.39 is 107 Å². The van der Waals surface area contributed by atoms with Crippen molar-refractivity contribution in [1.82, 2.24) is 0 Å². The van der Waals surface area contributed by atoms with E-state index in [1.54, 1.807) is 0 Å². The van der Waals surface area contributed by atoms with Gasteiger partial charge in [0.05, 0.1) is 0 Å². The molecule has 0 aliphatic carbocycles. The highest BCUT2D eigenvalue weighted by atomic mass is 19.4. The Hall–Kier alpha value is -3.94. The monoisotopic (exact) mass is 900 g/mol. The fraction of sp³-hybridized carbons (Fsp3) is 0.636. The molecule has 0 aliphatic heterocycles. The average Bonchev–Trinajstić information content (AvgIpc) is 2.99. The highest BCUT2D eigenvalue weighted by Crippen LogP contribution is 2.64. The number of anilines is 2. The van der Waals surface area contributed by atoms with Gasteiger partial charge in [0, 0.05) is 11.4 Å². The number of carbonyl (C=O) groups is 2. The Kier molecular flexibility index (Phi) is 11.9. The van der Waals surface area contributed by atoms with Gasteiger partial charge in [-0.3, -0.25) is 9.59 Å². The van der Waals surface area contributed by atoms with E-state index in [-0.39, 0.29) is 34.9 Å². The summed E-state index contributed by atoms with van der Waals surface area (Å²) in [5.74, 6) is -110. The molecule has 1 aromatic carbocycles. The van der Waals surface area contributed by atoms with Crippen LogP contribution in [-0.2, 0) is 9.59 Å². The Morgan fingerprint density at radius 2 is 0.446 bits per heavy atom. The topological polar surface area (TPSA) is 58.2 Å². The number of alkyl halides is 30. The molecule has 1 aromatic rings. The highest BCUT2D eigenvalue weighted by Gasteiger charge is 2.95. The summed E-state index contributed by atoms with van der Waals surface area (Å²) in [6.45, 7) is 0. The van der Waals surface area contributed by atoms with Gasteiger partial charge < -0.3 is 10.6 Å². The number of nitrogens with one attached hydrogen (secondary N) is 2. The van der Waals surface area contributed by atoms with Crippen LogP contribution in [-0.4, -0.2) is 95.2 Å². The van der Waals surface area contributed by atoms with Gasteiger partial charge in [0.25, 0.3) is 0 Å². The van der Waals surface area contributed by atoms with Crippen LogP contribution in [0.5, 0.6) is 0 Å². The molecule has 0 saturated carbocycles. The molecule has 0 aromatic heterocycles. The lowest BCUT2D eigenvalue weighted by molar-refractivity contribution is -0.449. The van der Waals surface area contributed by atoms with Crippen molar-refractivity contribution in [2.24, 2.45) is 0 Å². The maximum Gasteiger partial charge on any atom is 0.460 e. The minimum atomic E-state index is -8.83. The Labute approximate surface area is 284 Å². The maximum atomic E-state index is 14.0. The van der Waals surface area contributed by atoms with Crippen molar-refractivity contribution in [2.45, 2.75) is 83.4 Å². The number of halogens is 30. The van der Waals surface area contributed by atoms with Crippen molar-refractivity contribution in [3.63, 3.8) is 0 Å². The summed E-state index contributed by atoms with van der Waals surface area (Å²) >= 11 is 0. The van der Waals surface area contributed by atoms with Gasteiger partial charge in [0.1, 0.15) is 0 Å². The number of benzene rings is 1. The van der Waals surface area contributed by atoms with Crippen LogP contribution in [0.1, 0.15) is 0 Å². The van der Waals surface area contributed by atoms with Crippen molar-refractivity contribution in [2.75, 3.05) is 10.6 Å². The highest BCUT2D eigenvalue weighted by molar-refractivity contribution is 5.99. The molecule has 326 valence electrons. The molecule has 2 N–H and O–H groups in total. The number of carbonyl (C=O) groups excluding carboxylic acids is 2. The van der Waals surface area contributed by atoms with Crippen molar-refractivity contribution in [1.29, 1.82) is 0 Å². The molecule has 4 nitrogen and oxygen atoms in total. The van der Waals surface area contributed by atoms with Crippen LogP contribution in [0.4, 0.5) is 143 Å². The van der Waals surface area contributed by atoms with Crippen molar-refractivity contribution in [3.05, 3.63) is 24.3 Å². The van der Waals surface area contributed by atoms with Gasteiger partial charge in [-0.05, 0) is 24.3 Å². The fourth-order valence-electron chi connectivity index (χ4n) is 3.27. The standard InChI is InChI=1S/C22H6F30N2O2/c23-9(24,11(27,28)13(31,32)15(35,36)17(39,40)19(43,44)21(47,48)49)7(55)53-5-1-2-6(4-3-5)54-8(56)10(25,26)12(29,30)14(33,34)16(37,38)18(41,42)20(45,46)22(50,51)52/h1-4H,(H,53,55)(H,54,56). The summed E-state index contributed by atoms with van der Waals surface area (Å²) in [5, 5.41) is 0.550. The Morgan fingerprint density at radius 1 is 0.286 bits per heavy atom. The van der Waals surface area contributed by atoms with E-state index in [1.807, 2.05) is 0 Å². The Balaban J connectivity index is 3.44. The second-order valence-electron chi connectivity index (χ2n) is 10.4. The van der Waals surface area contributed by atoms with E-state index in [1.165, 1.54) is 0 Å². The summed E-state index contributed by atoms with van der Waals surface area (Å²) < 4.78 is 398. The van der Waals surface area contributed by atoms with E-state index in [2.05, 4.69) is 0 Å². The molecule has 0 atom stereocenters. The zero-order valence-electron chi connectivity index (χ0n) is 24.5. The third-order valence-corrected chi connectivity index (χ3v) is 6.63. The lowest BCUT2D eigenvalue weighted by Crippen LogP contribution is -2.73. The molecule has 34 heteroatoms. The first-order chi connectivity index (χ1) is 24.0. The lowest BCUT2D eigenvalue weighted by atomic mass is 9.90. The van der Waals surface area contributed by atoms with Gasteiger partial charge in [-0.15, -0.1) is 0 Å². The van der Waals surface area contributed by atoms with Crippen LogP contribution in [0.3, 0.4) is 0 Å². The number of hydrogen-bond acceptors (Lipinski definition) is 2. The van der Waals surface area contributed by atoms with Crippen LogP contribution < -0.4 is 10.6 Å². The minimum absolute atomic E-state index is 0.275. The third-order valence-electron chi connectivity index (χ3n) is 6.63. The maximum absolute atomic E-state index is 14.0. The molecular formula is C22H6F30N2O2. The van der Waals surface area contributed by atoms with Gasteiger partial charge in [-0.1, -0.05) is 0 Å². The van der Waals surface area contributed by atoms with Crippen molar-refractivity contribution >= 4 is 23.2 Å². The first-order valence-corrected chi connectivity index (χ1v) is 12.4. The molecule has 0 unspecified atom stereocenters. The van der Waals surface area contributed by atoms with Crippen molar-refractivity contribution < 1.29 is 141 Å². The Morgan fingerprint density at radius 3 is 0.625 bits per heavy atom. The van der Waals surface area contributed by atoms with Crippen LogP contribution in [0.25, 0.3) is 0 Å². The molecule has 0 radical (unpaired) electrons. The largest absolute Gasteiger partial charge is 0.460 e. The molecule has 0 spiro atoms. The van der Waals surface area contributed by atoms with Crippen LogP contribution >= 0.6 is 0 Å². The zero-order valence-corrected chi connectivity index (χ0v) is 24.5. The van der Waals surface area contributed by atoms with Gasteiger partial charge in [-0.25, -0.2) is 0 Å². The number of amides is 2. The summed E-state index contributed by atoms with van der Waals surface area (Å²) in [7, 11) is 0. The molecule has 1 rings (SSSR count). The van der Waals surface area contributed by atoms with Crippen LogP contribution in [0.2, 0.25) is 0 Å². The molecule has 0 bridgehead atoms. The molecule has 0 saturated heterocycles. The average molecular weight is 900 g/mol. The normalized spacial score (nSPS) is 15.8. The summed E-state index contributed by atoms with van der Waals surface area (Å²) in [5.41, 5.74) is -3.49. The molecule has 0 aliphatic rings. The molecule has 0 fully saturated rings. The number of hydrogen-bond donors (Lipinski definition) is 2. The van der Waals surface area contributed by atoms with Gasteiger partial charge in [0.2, 0.25) is 0 Å². The van der Waals surface area contributed by atoms with E-state index in [0.29, 0.717) is 0 Å². The van der Waals surface area contributed by atoms with Gasteiger partial charge in [0.15, 0.2) is 0 Å². The van der Waals surface area contributed by atoms with E-state index in [0.717, 1.165) is 0 Å². The van der Waals surface area contributed by atoms with Gasteiger partial charge >= 0.3 is 95.2 Å². The van der Waals surface area contributed by atoms with E-state index in [9.17, 15) is 141 Å². The zero-order chi connectivity index (χ0) is 45.6. The summed E-state index contributed by atoms with van der Waals surface area (Å²) in [6, 6.07) is -1.37. The first-order valence-electron chi connectivity index (χ1n) is 12.4. The van der Waals surface area contributed by atoms with E-state index in [4.69, 9.17) is 0 Å². The van der Waals surface area contributed by atoms with Gasteiger partial charge in [-0.2, -0.15) is 132 Å². The third kappa shape index (κ3) is 6.70. The minimum Gasteiger partial charge on any atom is -0.321 e. The SMILES string of the molecule is O=C(Nc1ccc(NC(=O)C(F)(F)C(F)(F)C(F)(F)C(F)(F)C(F)(F)C(F)(F)C(F)(F)F)cc1)C(F)(F)C(F)(F)C(F)(F)C(F)(F)C(F)(F)C(F)(F)C(F)(F)F. The van der Waals surface area contributed by atoms with Crippen LogP contribution in [0, 0.1) is 0 Å². The molecule has 56 heavy (non-hydrogen) atoms. The van der Waals surface area contributed by atoms with Crippen LogP contribution in [0.15, 0.2) is 24.3 Å². The first kappa shape index (κ1) is 50.1. The van der Waals surface area contributed by atoms with E-state index >= 15 is 0 Å². The quantitative estimate of drug-likeness (QED) is 0.183. The smallest absolute Gasteiger partial charge is 0.321 e. The van der Waals surface area contributed by atoms with Crippen molar-refractivity contribution in [3.8, 4) is 0 Å². The predicted molar refractivity (Wildman–Crippen MR) is 115 cm³/mol. The lowest BCUT2D eigenvalue weighted by Gasteiger charge is -2.41. The Bertz CT molecular complexity index is 1500. The number of rotatable bonds is 14. The predicted octanol–water partition coefficient (Wildman–Crippen LogP) is 10.3. The molecular weight excluding hydrogens is 894 g/mol. The molecule has 2 amide bonds. The second-order valence-corrected chi connectivity index (χ2v) is 10.4. The summed E-state index contributed by atoms with van der Waals surface area (Å²) in [4.78, 5) is 23.1. The summed E-state index contributed by atoms with van der Waals surface area (Å²) in [6.07, 6.45) is -15.9. The fourth-order valence-corrected chi connectivity index (χ4v) is 3.27.